The predicted molar refractivity (Wildman–Crippen MR) is 106 cm³/mol. The van der Waals surface area contributed by atoms with Gasteiger partial charge in [-0.25, -0.2) is 10.3 Å². The molecule has 2 N–H and O–H groups in total. The summed E-state index contributed by atoms with van der Waals surface area (Å²) in [5, 5.41) is 4.74. The molecule has 2 amide bonds. The first kappa shape index (κ1) is 20.4. The summed E-state index contributed by atoms with van der Waals surface area (Å²) in [6.07, 6.45) is 6.61. The highest BCUT2D eigenvalue weighted by Crippen LogP contribution is 2.38. The Kier molecular flexibility index (Phi) is 7.78. The first-order valence-electron chi connectivity index (χ1n) is 9.88. The van der Waals surface area contributed by atoms with Crippen molar-refractivity contribution in [3.05, 3.63) is 28.3 Å². The summed E-state index contributed by atoms with van der Waals surface area (Å²) >= 11 is 0.748. The van der Waals surface area contributed by atoms with Crippen LogP contribution < -0.4 is 10.8 Å². The number of aryl methyl sites for hydroxylation is 2. The molecule has 7 nitrogen and oxygen atoms in total. The van der Waals surface area contributed by atoms with E-state index in [9.17, 15) is 4.79 Å². The average Bonchev–Trinajstić information content (AvgIpc) is 3.37. The number of rotatable bonds is 5. The number of nitrogens with zero attached hydrogens (tertiary/aromatic N) is 1. The quantitative estimate of drug-likeness (QED) is 0.451. The van der Waals surface area contributed by atoms with Crippen molar-refractivity contribution in [1.82, 2.24) is 10.5 Å². The molecule has 0 bridgehead atoms. The topological polar surface area (TPSA) is 72.1 Å². The minimum absolute atomic E-state index is 0.368. The van der Waals surface area contributed by atoms with Gasteiger partial charge >= 0.3 is 6.03 Å². The van der Waals surface area contributed by atoms with E-state index in [0.717, 1.165) is 56.5 Å². The van der Waals surface area contributed by atoms with Crippen LogP contribution in [0.25, 0.3) is 0 Å². The van der Waals surface area contributed by atoms with Gasteiger partial charge in [0.15, 0.2) is 0 Å². The molecular weight excluding hydrogens is 366 g/mol. The molecule has 2 aliphatic carbocycles. The van der Waals surface area contributed by atoms with Crippen molar-refractivity contribution in [2.45, 2.75) is 52.4 Å². The highest BCUT2D eigenvalue weighted by Gasteiger charge is 2.25. The Labute approximate surface area is 165 Å². The van der Waals surface area contributed by atoms with Crippen molar-refractivity contribution >= 4 is 24.0 Å². The Bertz CT molecular complexity index is 618. The number of carbonyl (C=O) groups excluding carboxylic acids is 1. The average molecular weight is 396 g/mol. The Morgan fingerprint density at radius 2 is 1.70 bits per heavy atom. The number of benzene rings is 1. The van der Waals surface area contributed by atoms with Gasteiger partial charge in [0.1, 0.15) is 0 Å². The Morgan fingerprint density at radius 1 is 1.07 bits per heavy atom. The molecule has 1 aliphatic heterocycles. The lowest BCUT2D eigenvalue weighted by Gasteiger charge is -2.23. The van der Waals surface area contributed by atoms with Crippen LogP contribution in [0.1, 0.15) is 48.9 Å². The smallest absolute Gasteiger partial charge is 0.344 e. The lowest BCUT2D eigenvalue weighted by atomic mass is 9.99. The Balaban J connectivity index is 0.00000102. The normalized spacial score (nSPS) is 18.3. The van der Waals surface area contributed by atoms with Crippen LogP contribution >= 0.6 is 12.3 Å². The third-order valence-electron chi connectivity index (χ3n) is 4.99. The number of carbonyl (C=O) groups is 1. The minimum Gasteiger partial charge on any atom is -0.379 e. The standard InChI is InChI=1S/C17H23N3O4S.C2H6/c21-17(19-23-25-24-20-7-9-22-10-8-20)18-16-14-5-1-3-12(14)11-13-4-2-6-15(13)16;1-2/h11H,1-10H2,(H2,18,19,21);1-2H3. The van der Waals surface area contributed by atoms with Crippen molar-refractivity contribution in [1.29, 1.82) is 0 Å². The molecule has 0 saturated carbocycles. The van der Waals surface area contributed by atoms with E-state index in [1.807, 2.05) is 13.8 Å². The van der Waals surface area contributed by atoms with Gasteiger partial charge in [-0.1, -0.05) is 19.9 Å². The number of hydrogen-bond acceptors (Lipinski definition) is 6. The predicted octanol–water partition coefficient (Wildman–Crippen LogP) is 3.57. The minimum atomic E-state index is -0.368. The van der Waals surface area contributed by atoms with Crippen LogP contribution in [-0.4, -0.2) is 37.4 Å². The molecule has 0 unspecified atom stereocenters. The molecule has 8 heteroatoms. The zero-order valence-electron chi connectivity index (χ0n) is 16.1. The van der Waals surface area contributed by atoms with Gasteiger partial charge < -0.3 is 10.1 Å². The molecule has 0 spiro atoms. The molecule has 150 valence electrons. The van der Waals surface area contributed by atoms with Gasteiger partial charge in [0, 0.05) is 18.8 Å². The van der Waals surface area contributed by atoms with E-state index in [2.05, 4.69) is 16.9 Å². The fourth-order valence-electron chi connectivity index (χ4n) is 3.84. The molecular formula is C19H29N3O4S. The number of anilines is 1. The highest BCUT2D eigenvalue weighted by molar-refractivity contribution is 7.89. The second-order valence-electron chi connectivity index (χ2n) is 6.56. The zero-order chi connectivity index (χ0) is 19.1. The summed E-state index contributed by atoms with van der Waals surface area (Å²) in [5.74, 6) is 0. The molecule has 4 rings (SSSR count). The van der Waals surface area contributed by atoms with Crippen LogP contribution in [0.4, 0.5) is 10.5 Å². The summed E-state index contributed by atoms with van der Waals surface area (Å²) in [5.41, 5.74) is 8.77. The molecule has 1 heterocycles. The lowest BCUT2D eigenvalue weighted by molar-refractivity contribution is -0.111. The summed E-state index contributed by atoms with van der Waals surface area (Å²) < 4.78 is 15.6. The number of morpholine rings is 1. The van der Waals surface area contributed by atoms with Gasteiger partial charge in [0.2, 0.25) is 12.3 Å². The number of amides is 2. The molecule has 1 fully saturated rings. The van der Waals surface area contributed by atoms with Crippen molar-refractivity contribution in [3.63, 3.8) is 0 Å². The largest absolute Gasteiger partial charge is 0.379 e. The monoisotopic (exact) mass is 395 g/mol. The van der Waals surface area contributed by atoms with E-state index in [1.54, 1.807) is 5.06 Å². The van der Waals surface area contributed by atoms with E-state index < -0.39 is 0 Å². The Morgan fingerprint density at radius 3 is 2.33 bits per heavy atom. The summed E-state index contributed by atoms with van der Waals surface area (Å²) in [6, 6.07) is 1.98. The fraction of sp³-hybridized carbons (Fsp3) is 0.632. The zero-order valence-corrected chi connectivity index (χ0v) is 17.0. The van der Waals surface area contributed by atoms with Crippen molar-refractivity contribution in [2.75, 3.05) is 31.6 Å². The van der Waals surface area contributed by atoms with Crippen LogP contribution in [0.5, 0.6) is 0 Å². The maximum atomic E-state index is 12.2. The van der Waals surface area contributed by atoms with Gasteiger partial charge in [-0.15, -0.1) is 0 Å². The van der Waals surface area contributed by atoms with E-state index in [0.29, 0.717) is 26.3 Å². The van der Waals surface area contributed by atoms with E-state index >= 15 is 0 Å². The first-order valence-corrected chi connectivity index (χ1v) is 10.5. The van der Waals surface area contributed by atoms with E-state index in [1.165, 1.54) is 22.3 Å². The SMILES string of the molecule is CC.O=C(NOSON1CCOCC1)Nc1c2c(cc3c1CCC3)CCC2. The molecule has 0 radical (unpaired) electrons. The van der Waals surface area contributed by atoms with Crippen LogP contribution in [0, 0.1) is 0 Å². The second-order valence-corrected chi connectivity index (χ2v) is 7.01. The maximum Gasteiger partial charge on any atom is 0.344 e. The summed E-state index contributed by atoms with van der Waals surface area (Å²) in [4.78, 5) is 12.2. The van der Waals surface area contributed by atoms with Crippen LogP contribution in [0.3, 0.4) is 0 Å². The van der Waals surface area contributed by atoms with Crippen molar-refractivity contribution < 1.29 is 18.1 Å². The number of urea groups is 1. The van der Waals surface area contributed by atoms with Gasteiger partial charge in [0.05, 0.1) is 13.2 Å². The van der Waals surface area contributed by atoms with E-state index in [4.69, 9.17) is 13.3 Å². The summed E-state index contributed by atoms with van der Waals surface area (Å²) in [6.45, 7) is 6.65. The third-order valence-corrected chi connectivity index (χ3v) is 5.41. The molecule has 1 aromatic carbocycles. The molecule has 1 saturated heterocycles. The fourth-order valence-corrected chi connectivity index (χ4v) is 4.22. The van der Waals surface area contributed by atoms with Gasteiger partial charge in [0.25, 0.3) is 0 Å². The molecule has 27 heavy (non-hydrogen) atoms. The second kappa shape index (κ2) is 10.3. The van der Waals surface area contributed by atoms with Gasteiger partial charge in [-0.2, -0.15) is 13.6 Å². The molecule has 3 aliphatic rings. The maximum absolute atomic E-state index is 12.2. The molecule has 0 atom stereocenters. The van der Waals surface area contributed by atoms with Crippen LogP contribution in [-0.2, 0) is 39.0 Å². The van der Waals surface area contributed by atoms with Crippen LogP contribution in [0.2, 0.25) is 0 Å². The first-order chi connectivity index (χ1) is 13.3. The van der Waals surface area contributed by atoms with Gasteiger partial charge in [-0.05, 0) is 60.8 Å². The number of hydroxylamine groups is 3. The molecule has 1 aromatic rings. The number of hydrogen-bond donors (Lipinski definition) is 2. The number of ether oxygens (including phenoxy) is 1. The highest BCUT2D eigenvalue weighted by atomic mass is 32.2. The summed E-state index contributed by atoms with van der Waals surface area (Å²) in [7, 11) is 0. The van der Waals surface area contributed by atoms with Gasteiger partial charge in [-0.3, -0.25) is 0 Å². The molecule has 0 aromatic heterocycles. The van der Waals surface area contributed by atoms with Crippen molar-refractivity contribution in [3.8, 4) is 0 Å². The van der Waals surface area contributed by atoms with Crippen molar-refractivity contribution in [2.24, 2.45) is 0 Å². The van der Waals surface area contributed by atoms with Crippen LogP contribution in [0.15, 0.2) is 6.07 Å². The lowest BCUT2D eigenvalue weighted by Crippen LogP contribution is -2.35. The number of fused-ring (bicyclic) bond motifs is 2. The van der Waals surface area contributed by atoms with E-state index in [-0.39, 0.29) is 6.03 Å². The third kappa shape index (κ3) is 5.14. The Hall–Kier alpha value is -1.32. The number of nitrogens with one attached hydrogen (secondary N) is 2.